The summed E-state index contributed by atoms with van der Waals surface area (Å²) in [7, 11) is 0. The molecular weight excluding hydrogens is 178 g/mol. The number of carbonyl (C=O) groups excluding carboxylic acids is 2. The number of hydrogen-bond acceptors (Lipinski definition) is 4. The number of carbonyl (C=O) groups is 2. The van der Waals surface area contributed by atoms with Gasteiger partial charge >= 0.3 is 0 Å². The number of amides is 1. The first kappa shape index (κ1) is 9.38. The van der Waals surface area contributed by atoms with Crippen molar-refractivity contribution in [3.8, 4) is 0 Å². The first-order valence-corrected chi connectivity index (χ1v) is 4.56. The Kier molecular flexibility index (Phi) is 2.32. The van der Waals surface area contributed by atoms with Crippen LogP contribution in [0.2, 0.25) is 0 Å². The molecule has 0 aromatic heterocycles. The molecule has 0 unspecified atom stereocenters. The number of thioether (sulfide) groups is 1. The number of carboxylic acid groups (broad SMARTS) is 1. The van der Waals surface area contributed by atoms with Crippen molar-refractivity contribution in [2.45, 2.75) is 24.8 Å². The topological polar surface area (TPSA) is 60.4 Å². The van der Waals surface area contributed by atoms with Gasteiger partial charge in [-0.05, 0) is 13.8 Å². The van der Waals surface area contributed by atoms with E-state index in [2.05, 4.69) is 0 Å². The van der Waals surface area contributed by atoms with Crippen LogP contribution in [0.15, 0.2) is 0 Å². The summed E-state index contributed by atoms with van der Waals surface area (Å²) in [6.07, 6.45) is 0.570. The molecule has 0 aromatic carbocycles. The Labute approximate surface area is 74.9 Å². The molecule has 1 atom stereocenters. The van der Waals surface area contributed by atoms with Crippen LogP contribution in [0, 0.1) is 0 Å². The van der Waals surface area contributed by atoms with Crippen LogP contribution in [0.5, 0.6) is 0 Å². The summed E-state index contributed by atoms with van der Waals surface area (Å²) in [6.45, 7) is 3.63. The van der Waals surface area contributed by atoms with E-state index in [0.29, 0.717) is 12.2 Å². The van der Waals surface area contributed by atoms with E-state index in [1.807, 2.05) is 13.8 Å². The highest BCUT2D eigenvalue weighted by molar-refractivity contribution is 8.00. The maximum absolute atomic E-state index is 10.6. The van der Waals surface area contributed by atoms with E-state index in [1.54, 1.807) is 0 Å². The molecule has 0 saturated carbocycles. The van der Waals surface area contributed by atoms with Crippen LogP contribution in [0.1, 0.15) is 13.8 Å². The van der Waals surface area contributed by atoms with Gasteiger partial charge in [-0.2, -0.15) is 0 Å². The van der Waals surface area contributed by atoms with Crippen molar-refractivity contribution in [1.82, 2.24) is 4.90 Å². The molecule has 0 radical (unpaired) electrons. The monoisotopic (exact) mass is 188 g/mol. The van der Waals surface area contributed by atoms with Crippen molar-refractivity contribution in [3.63, 3.8) is 0 Å². The largest absolute Gasteiger partial charge is 0.548 e. The Morgan fingerprint density at radius 2 is 2.33 bits per heavy atom. The average Bonchev–Trinajstić information content (AvgIpc) is 2.24. The van der Waals surface area contributed by atoms with Crippen molar-refractivity contribution in [1.29, 1.82) is 0 Å². The maximum atomic E-state index is 10.6. The summed E-state index contributed by atoms with van der Waals surface area (Å²) in [4.78, 5) is 22.0. The number of nitrogens with zero attached hydrogens (tertiary/aromatic N) is 1. The summed E-state index contributed by atoms with van der Waals surface area (Å²) in [5, 5.41) is 10.5. The number of aliphatic carboxylic acids is 1. The van der Waals surface area contributed by atoms with Gasteiger partial charge < -0.3 is 14.8 Å². The predicted molar refractivity (Wildman–Crippen MR) is 43.2 cm³/mol. The molecule has 1 amide bonds. The molecule has 0 spiro atoms. The Bertz CT molecular complexity index is 217. The Morgan fingerprint density at radius 1 is 1.75 bits per heavy atom. The lowest BCUT2D eigenvalue weighted by atomic mass is 10.2. The normalized spacial score (nSPS) is 27.2. The highest BCUT2D eigenvalue weighted by atomic mass is 32.2. The van der Waals surface area contributed by atoms with Gasteiger partial charge in [0.05, 0.1) is 16.9 Å². The quantitative estimate of drug-likeness (QED) is 0.524. The molecule has 68 valence electrons. The third kappa shape index (κ3) is 1.41. The molecule has 0 bridgehead atoms. The van der Waals surface area contributed by atoms with Gasteiger partial charge in [-0.1, -0.05) is 0 Å². The van der Waals surface area contributed by atoms with Gasteiger partial charge in [-0.15, -0.1) is 11.8 Å². The zero-order chi connectivity index (χ0) is 9.35. The molecule has 1 rings (SSSR count). The van der Waals surface area contributed by atoms with E-state index < -0.39 is 16.9 Å². The van der Waals surface area contributed by atoms with Crippen molar-refractivity contribution >= 4 is 24.1 Å². The third-order valence-corrected chi connectivity index (χ3v) is 3.34. The molecule has 0 aliphatic carbocycles. The van der Waals surface area contributed by atoms with Gasteiger partial charge in [0.25, 0.3) is 0 Å². The molecule has 12 heavy (non-hydrogen) atoms. The van der Waals surface area contributed by atoms with Crippen LogP contribution in [-0.4, -0.2) is 33.9 Å². The molecule has 1 saturated heterocycles. The lowest BCUT2D eigenvalue weighted by Crippen LogP contribution is -2.50. The first-order chi connectivity index (χ1) is 5.49. The van der Waals surface area contributed by atoms with Crippen molar-refractivity contribution in [2.24, 2.45) is 0 Å². The van der Waals surface area contributed by atoms with Gasteiger partial charge in [-0.3, -0.25) is 4.79 Å². The molecule has 0 N–H and O–H groups in total. The van der Waals surface area contributed by atoms with Crippen LogP contribution in [-0.2, 0) is 9.59 Å². The van der Waals surface area contributed by atoms with Gasteiger partial charge in [0.2, 0.25) is 6.41 Å². The molecule has 1 heterocycles. The predicted octanol–water partition coefficient (Wildman–Crippen LogP) is -0.954. The zero-order valence-electron chi connectivity index (χ0n) is 6.94. The Morgan fingerprint density at radius 3 is 2.67 bits per heavy atom. The first-order valence-electron chi connectivity index (χ1n) is 3.57. The van der Waals surface area contributed by atoms with Crippen LogP contribution >= 0.6 is 11.8 Å². The van der Waals surface area contributed by atoms with Gasteiger partial charge in [0.1, 0.15) is 0 Å². The summed E-state index contributed by atoms with van der Waals surface area (Å²) in [6, 6.07) is -0.775. The number of carboxylic acids is 1. The molecule has 0 aromatic rings. The molecule has 1 fully saturated rings. The average molecular weight is 188 g/mol. The molecule has 1 aliphatic rings. The second-order valence-corrected chi connectivity index (χ2v) is 4.73. The van der Waals surface area contributed by atoms with Crippen molar-refractivity contribution < 1.29 is 14.7 Å². The van der Waals surface area contributed by atoms with E-state index in [0.717, 1.165) is 0 Å². The van der Waals surface area contributed by atoms with E-state index >= 15 is 0 Å². The summed E-state index contributed by atoms with van der Waals surface area (Å²) < 4.78 is 0. The van der Waals surface area contributed by atoms with Crippen LogP contribution < -0.4 is 5.11 Å². The maximum Gasteiger partial charge on any atom is 0.211 e. The van der Waals surface area contributed by atoms with Crippen LogP contribution in [0.3, 0.4) is 0 Å². The van der Waals surface area contributed by atoms with Crippen LogP contribution in [0.4, 0.5) is 0 Å². The summed E-state index contributed by atoms with van der Waals surface area (Å²) in [5.41, 5.74) is 0. The van der Waals surface area contributed by atoms with Crippen molar-refractivity contribution in [2.75, 3.05) is 5.75 Å². The highest BCUT2D eigenvalue weighted by Gasteiger charge is 2.39. The van der Waals surface area contributed by atoms with Crippen LogP contribution in [0.25, 0.3) is 0 Å². The SMILES string of the molecule is CC1(C)SC[C@H](C(=O)[O-])N1C=O. The zero-order valence-corrected chi connectivity index (χ0v) is 7.76. The van der Waals surface area contributed by atoms with Gasteiger partial charge in [0, 0.05) is 5.75 Å². The molecule has 4 nitrogen and oxygen atoms in total. The fourth-order valence-electron chi connectivity index (χ4n) is 1.19. The number of hydrogen-bond donors (Lipinski definition) is 0. The Balaban J connectivity index is 2.83. The van der Waals surface area contributed by atoms with Crippen molar-refractivity contribution in [3.05, 3.63) is 0 Å². The summed E-state index contributed by atoms with van der Waals surface area (Å²) in [5.74, 6) is -0.770. The van der Waals surface area contributed by atoms with E-state index in [-0.39, 0.29) is 0 Å². The highest BCUT2D eigenvalue weighted by Crippen LogP contribution is 2.37. The third-order valence-electron chi connectivity index (χ3n) is 1.94. The minimum atomic E-state index is -1.18. The fourth-order valence-corrected chi connectivity index (χ4v) is 2.38. The molecule has 5 heteroatoms. The Hall–Kier alpha value is -0.710. The minimum absolute atomic E-state index is 0.411. The van der Waals surface area contributed by atoms with E-state index in [4.69, 9.17) is 0 Å². The van der Waals surface area contributed by atoms with E-state index in [1.165, 1.54) is 16.7 Å². The van der Waals surface area contributed by atoms with Gasteiger partial charge in [-0.25, -0.2) is 0 Å². The van der Waals surface area contributed by atoms with E-state index in [9.17, 15) is 14.7 Å². The molecule has 1 aliphatic heterocycles. The molecular formula is C7H10NO3S-. The summed E-state index contributed by atoms with van der Waals surface area (Å²) >= 11 is 1.44. The standard InChI is InChI=1S/C7H11NO3S/c1-7(2)8(4-9)5(3-12-7)6(10)11/h4-5H,3H2,1-2H3,(H,10,11)/p-1/t5-/m1/s1. The van der Waals surface area contributed by atoms with Gasteiger partial charge in [0.15, 0.2) is 0 Å². The lowest BCUT2D eigenvalue weighted by molar-refractivity contribution is -0.310. The second-order valence-electron chi connectivity index (χ2n) is 3.11. The minimum Gasteiger partial charge on any atom is -0.548 e. The second kappa shape index (κ2) is 2.97. The number of rotatable bonds is 2. The fraction of sp³-hybridized carbons (Fsp3) is 0.714. The lowest BCUT2D eigenvalue weighted by Gasteiger charge is -2.31. The smallest absolute Gasteiger partial charge is 0.211 e.